The molecule has 2 aromatic heterocycles. The number of fused-ring (bicyclic) bond motifs is 1. The summed E-state index contributed by atoms with van der Waals surface area (Å²) in [4.78, 5) is 23.9. The minimum Gasteiger partial charge on any atom is -0.489 e. The molecule has 0 spiro atoms. The molecule has 32 heavy (non-hydrogen) atoms. The molecule has 0 radical (unpaired) electrons. The molecule has 166 valence electrons. The van der Waals surface area contributed by atoms with Gasteiger partial charge in [0, 0.05) is 12.3 Å². The van der Waals surface area contributed by atoms with Gasteiger partial charge in [-0.15, -0.1) is 0 Å². The van der Waals surface area contributed by atoms with Crippen molar-refractivity contribution in [3.05, 3.63) is 66.0 Å². The smallest absolute Gasteiger partial charge is 0.259 e. The second-order valence-electron chi connectivity index (χ2n) is 8.01. The van der Waals surface area contributed by atoms with Gasteiger partial charge in [-0.05, 0) is 42.7 Å². The maximum atomic E-state index is 13.0. The average molecular weight is 433 g/mol. The summed E-state index contributed by atoms with van der Waals surface area (Å²) in [5, 5.41) is 2.90. The molecule has 0 aliphatic carbocycles. The summed E-state index contributed by atoms with van der Waals surface area (Å²) < 4.78 is 11.6. The van der Waals surface area contributed by atoms with E-state index in [1.807, 2.05) is 37.4 Å². The summed E-state index contributed by atoms with van der Waals surface area (Å²) in [7, 11) is 0. The molecule has 0 bridgehead atoms. The van der Waals surface area contributed by atoms with E-state index in [2.05, 4.69) is 34.0 Å². The maximum Gasteiger partial charge on any atom is 0.259 e. The van der Waals surface area contributed by atoms with Crippen LogP contribution in [0.4, 0.5) is 17.2 Å². The first-order chi connectivity index (χ1) is 15.5. The highest BCUT2D eigenvalue weighted by molar-refractivity contribution is 6.07. The average Bonchev–Trinajstić information content (AvgIpc) is 2.83. The van der Waals surface area contributed by atoms with Gasteiger partial charge >= 0.3 is 0 Å². The Hall–Kier alpha value is -3.61. The maximum absolute atomic E-state index is 13.0. The van der Waals surface area contributed by atoms with Gasteiger partial charge in [0.25, 0.3) is 5.91 Å². The van der Waals surface area contributed by atoms with Crippen LogP contribution < -0.4 is 19.7 Å². The van der Waals surface area contributed by atoms with Gasteiger partial charge < -0.3 is 19.7 Å². The third kappa shape index (κ3) is 4.82. The van der Waals surface area contributed by atoms with Crippen LogP contribution in [0.1, 0.15) is 36.2 Å². The van der Waals surface area contributed by atoms with Crippen LogP contribution in [0.25, 0.3) is 0 Å². The minimum absolute atomic E-state index is 0.254. The Morgan fingerprint density at radius 3 is 2.78 bits per heavy atom. The minimum atomic E-state index is -0.254. The van der Waals surface area contributed by atoms with Gasteiger partial charge in [-0.2, -0.15) is 0 Å². The van der Waals surface area contributed by atoms with Gasteiger partial charge in [-0.1, -0.05) is 32.4 Å². The molecule has 7 nitrogen and oxygen atoms in total. The molecule has 1 unspecified atom stereocenters. The van der Waals surface area contributed by atoms with Crippen LogP contribution >= 0.6 is 0 Å². The Balaban J connectivity index is 1.50. The van der Waals surface area contributed by atoms with Crippen LogP contribution in [0, 0.1) is 12.8 Å². The van der Waals surface area contributed by atoms with E-state index in [-0.39, 0.29) is 5.91 Å². The fraction of sp³-hybridized carbons (Fsp3) is 0.320. The predicted molar refractivity (Wildman–Crippen MR) is 125 cm³/mol. The van der Waals surface area contributed by atoms with Crippen molar-refractivity contribution in [3.8, 4) is 11.6 Å². The molecule has 3 aromatic rings. The Kier molecular flexibility index (Phi) is 6.54. The van der Waals surface area contributed by atoms with E-state index in [0.29, 0.717) is 48.6 Å². The number of nitrogens with one attached hydrogen (secondary N) is 1. The first-order valence-corrected chi connectivity index (χ1v) is 10.9. The molecule has 0 saturated heterocycles. The first kappa shape index (κ1) is 21.6. The number of hydrogen-bond donors (Lipinski definition) is 1. The van der Waals surface area contributed by atoms with E-state index in [1.54, 1.807) is 24.4 Å². The van der Waals surface area contributed by atoms with Gasteiger partial charge in [-0.3, -0.25) is 4.79 Å². The van der Waals surface area contributed by atoms with Crippen molar-refractivity contribution in [3.63, 3.8) is 0 Å². The number of carbonyl (C=O) groups is 1. The first-order valence-electron chi connectivity index (χ1n) is 10.9. The Bertz CT molecular complexity index is 1070. The Morgan fingerprint density at radius 1 is 1.19 bits per heavy atom. The summed E-state index contributed by atoms with van der Waals surface area (Å²) in [5.74, 6) is 2.14. The molecular formula is C25H28N4O3. The lowest BCUT2D eigenvalue weighted by Crippen LogP contribution is -2.30. The molecule has 7 heteroatoms. The number of nitrogens with zero attached hydrogens (tertiary/aromatic N) is 3. The normalized spacial score (nSPS) is 13.7. The molecule has 1 aliphatic rings. The number of pyridine rings is 2. The quantitative estimate of drug-likeness (QED) is 0.567. The van der Waals surface area contributed by atoms with Crippen LogP contribution in [0.3, 0.4) is 0 Å². The lowest BCUT2D eigenvalue weighted by Gasteiger charge is -2.31. The third-order valence-corrected chi connectivity index (χ3v) is 5.47. The van der Waals surface area contributed by atoms with E-state index in [0.717, 1.165) is 23.5 Å². The number of carbonyl (C=O) groups excluding carboxylic acids is 1. The SMILES string of the molecule is CCC(C)COc1ccc(NC(=O)c2cccc3c2OCCN3c2ccc(C)cn2)cn1. The summed E-state index contributed by atoms with van der Waals surface area (Å²) in [6.07, 6.45) is 4.49. The van der Waals surface area contributed by atoms with Gasteiger partial charge in [0.15, 0.2) is 5.75 Å². The molecule has 1 atom stereocenters. The topological polar surface area (TPSA) is 76.6 Å². The zero-order valence-corrected chi connectivity index (χ0v) is 18.7. The molecule has 1 aromatic carbocycles. The highest BCUT2D eigenvalue weighted by Crippen LogP contribution is 2.38. The Labute approximate surface area is 188 Å². The molecule has 0 saturated carbocycles. The second-order valence-corrected chi connectivity index (χ2v) is 8.01. The van der Waals surface area contributed by atoms with Crippen molar-refractivity contribution in [1.29, 1.82) is 0 Å². The van der Waals surface area contributed by atoms with E-state index in [1.165, 1.54) is 0 Å². The summed E-state index contributed by atoms with van der Waals surface area (Å²) >= 11 is 0. The number of ether oxygens (including phenoxy) is 2. The number of rotatable bonds is 7. The summed E-state index contributed by atoms with van der Waals surface area (Å²) in [6.45, 7) is 8.02. The molecule has 3 heterocycles. The number of aryl methyl sites for hydroxylation is 1. The van der Waals surface area contributed by atoms with Gasteiger partial charge in [0.2, 0.25) is 5.88 Å². The van der Waals surface area contributed by atoms with Gasteiger partial charge in [0.05, 0.1) is 36.3 Å². The molecule has 4 rings (SSSR count). The van der Waals surface area contributed by atoms with Crippen molar-refractivity contribution in [1.82, 2.24) is 9.97 Å². The van der Waals surface area contributed by atoms with Crippen LogP contribution in [0.2, 0.25) is 0 Å². The van der Waals surface area contributed by atoms with E-state index >= 15 is 0 Å². The van der Waals surface area contributed by atoms with Crippen molar-refractivity contribution in [2.45, 2.75) is 27.2 Å². The van der Waals surface area contributed by atoms with Crippen LogP contribution in [0.5, 0.6) is 11.6 Å². The zero-order chi connectivity index (χ0) is 22.5. The standard InChI is InChI=1S/C25H28N4O3/c1-4-17(2)16-32-23-11-9-19(15-27-23)28-25(30)20-6-5-7-21-24(20)31-13-12-29(21)22-10-8-18(3)14-26-22/h5-11,14-15,17H,4,12-13,16H2,1-3H3,(H,28,30). The number of benzene rings is 1. The zero-order valence-electron chi connectivity index (χ0n) is 18.7. The van der Waals surface area contributed by atoms with Crippen molar-refractivity contribution >= 4 is 23.1 Å². The Morgan fingerprint density at radius 2 is 2.06 bits per heavy atom. The lowest BCUT2D eigenvalue weighted by molar-refractivity contribution is 0.102. The summed E-state index contributed by atoms with van der Waals surface area (Å²) in [6, 6.07) is 13.1. The monoisotopic (exact) mass is 432 g/mol. The third-order valence-electron chi connectivity index (χ3n) is 5.47. The van der Waals surface area contributed by atoms with E-state index < -0.39 is 0 Å². The highest BCUT2D eigenvalue weighted by Gasteiger charge is 2.25. The van der Waals surface area contributed by atoms with Crippen LogP contribution in [0.15, 0.2) is 54.9 Å². The highest BCUT2D eigenvalue weighted by atomic mass is 16.5. The lowest BCUT2D eigenvalue weighted by atomic mass is 10.1. The van der Waals surface area contributed by atoms with Crippen molar-refractivity contribution in [2.75, 3.05) is 30.0 Å². The molecule has 0 fully saturated rings. The summed E-state index contributed by atoms with van der Waals surface area (Å²) in [5.41, 5.74) is 2.99. The number of anilines is 3. The molecule has 1 amide bonds. The number of amides is 1. The molecule has 1 aliphatic heterocycles. The fourth-order valence-corrected chi connectivity index (χ4v) is 3.37. The van der Waals surface area contributed by atoms with Crippen molar-refractivity contribution < 1.29 is 14.3 Å². The largest absolute Gasteiger partial charge is 0.489 e. The van der Waals surface area contributed by atoms with Crippen LogP contribution in [-0.2, 0) is 0 Å². The van der Waals surface area contributed by atoms with Crippen molar-refractivity contribution in [2.24, 2.45) is 5.92 Å². The van der Waals surface area contributed by atoms with Gasteiger partial charge in [0.1, 0.15) is 12.4 Å². The number of para-hydroxylation sites is 1. The molecule has 1 N–H and O–H groups in total. The number of aromatic nitrogens is 2. The van der Waals surface area contributed by atoms with E-state index in [9.17, 15) is 4.79 Å². The predicted octanol–water partition coefficient (Wildman–Crippen LogP) is 4.99. The molecular weight excluding hydrogens is 404 g/mol. The van der Waals surface area contributed by atoms with E-state index in [4.69, 9.17) is 9.47 Å². The number of hydrogen-bond acceptors (Lipinski definition) is 6. The second kappa shape index (κ2) is 9.68. The van der Waals surface area contributed by atoms with Crippen LogP contribution in [-0.4, -0.2) is 35.6 Å². The fourth-order valence-electron chi connectivity index (χ4n) is 3.37. The van der Waals surface area contributed by atoms with Gasteiger partial charge in [-0.25, -0.2) is 9.97 Å².